The van der Waals surface area contributed by atoms with Gasteiger partial charge in [-0.2, -0.15) is 0 Å². The lowest BCUT2D eigenvalue weighted by atomic mass is 10.0. The maximum Gasteiger partial charge on any atom is 0.133 e. The zero-order chi connectivity index (χ0) is 14.5. The summed E-state index contributed by atoms with van der Waals surface area (Å²) in [7, 11) is 0. The number of nitrogens with one attached hydrogen (secondary N) is 1. The van der Waals surface area contributed by atoms with E-state index in [1.807, 2.05) is 0 Å². The van der Waals surface area contributed by atoms with Crippen molar-refractivity contribution in [2.45, 2.75) is 40.5 Å². The Balaban J connectivity index is 2.50. The summed E-state index contributed by atoms with van der Waals surface area (Å²) in [5, 5.41) is 3.33. The molecule has 0 radical (unpaired) electrons. The van der Waals surface area contributed by atoms with Crippen LogP contribution < -0.4 is 5.32 Å². The van der Waals surface area contributed by atoms with Crippen molar-refractivity contribution >= 4 is 5.82 Å². The van der Waals surface area contributed by atoms with Crippen molar-refractivity contribution in [3.8, 4) is 11.3 Å². The van der Waals surface area contributed by atoms with Gasteiger partial charge in [0.25, 0.3) is 0 Å². The smallest absolute Gasteiger partial charge is 0.133 e. The van der Waals surface area contributed by atoms with Gasteiger partial charge in [-0.25, -0.2) is 9.97 Å². The largest absolute Gasteiger partial charge is 0.370 e. The Morgan fingerprint density at radius 2 is 1.65 bits per heavy atom. The van der Waals surface area contributed by atoms with Crippen molar-refractivity contribution in [2.75, 3.05) is 11.9 Å². The van der Waals surface area contributed by atoms with Crippen LogP contribution in [0.3, 0.4) is 0 Å². The summed E-state index contributed by atoms with van der Waals surface area (Å²) >= 11 is 0. The number of hydrogen-bond donors (Lipinski definition) is 1. The maximum absolute atomic E-state index is 4.71. The van der Waals surface area contributed by atoms with E-state index in [0.29, 0.717) is 0 Å². The van der Waals surface area contributed by atoms with E-state index in [1.54, 1.807) is 0 Å². The standard InChI is InChI=1S/C17H23N3/c1-5-13-8-10-14(11-9-13)16-12(4)17(18-7-3)20-15(6-2)19-16/h8-11H,5-7H2,1-4H3,(H,18,19,20). The number of nitrogens with zero attached hydrogens (tertiary/aromatic N) is 2. The number of anilines is 1. The van der Waals surface area contributed by atoms with E-state index in [0.717, 1.165) is 47.8 Å². The molecule has 0 saturated carbocycles. The number of aromatic nitrogens is 2. The zero-order valence-corrected chi connectivity index (χ0v) is 12.8. The molecule has 0 aliphatic rings. The molecule has 0 spiro atoms. The molecule has 0 bridgehead atoms. The van der Waals surface area contributed by atoms with Gasteiger partial charge in [0.05, 0.1) is 5.69 Å². The molecule has 0 amide bonds. The van der Waals surface area contributed by atoms with Gasteiger partial charge in [-0.15, -0.1) is 0 Å². The van der Waals surface area contributed by atoms with Crippen LogP contribution in [0.15, 0.2) is 24.3 Å². The van der Waals surface area contributed by atoms with E-state index < -0.39 is 0 Å². The SMILES string of the molecule is CCNc1nc(CC)nc(-c2ccc(CC)cc2)c1C. The van der Waals surface area contributed by atoms with Crippen LogP contribution in [-0.4, -0.2) is 16.5 Å². The maximum atomic E-state index is 4.71. The van der Waals surface area contributed by atoms with E-state index in [4.69, 9.17) is 4.98 Å². The van der Waals surface area contributed by atoms with Gasteiger partial charge < -0.3 is 5.32 Å². The molecule has 20 heavy (non-hydrogen) atoms. The fraction of sp³-hybridized carbons (Fsp3) is 0.412. The Morgan fingerprint density at radius 1 is 0.950 bits per heavy atom. The summed E-state index contributed by atoms with van der Waals surface area (Å²) in [5.74, 6) is 1.84. The molecular weight excluding hydrogens is 246 g/mol. The lowest BCUT2D eigenvalue weighted by Crippen LogP contribution is -2.07. The Bertz CT molecular complexity index is 574. The highest BCUT2D eigenvalue weighted by Gasteiger charge is 2.11. The lowest BCUT2D eigenvalue weighted by Gasteiger charge is -2.13. The molecule has 0 aliphatic carbocycles. The summed E-state index contributed by atoms with van der Waals surface area (Å²) in [6.45, 7) is 9.30. The monoisotopic (exact) mass is 269 g/mol. The quantitative estimate of drug-likeness (QED) is 0.891. The van der Waals surface area contributed by atoms with Crippen molar-refractivity contribution in [1.82, 2.24) is 9.97 Å². The second-order valence-electron chi connectivity index (χ2n) is 4.90. The predicted molar refractivity (Wildman–Crippen MR) is 85.1 cm³/mol. The second-order valence-corrected chi connectivity index (χ2v) is 4.90. The molecule has 2 rings (SSSR count). The molecular formula is C17H23N3. The minimum Gasteiger partial charge on any atom is -0.370 e. The third-order valence-electron chi connectivity index (χ3n) is 3.49. The first-order valence-electron chi connectivity index (χ1n) is 7.40. The third-order valence-corrected chi connectivity index (χ3v) is 3.49. The molecule has 0 unspecified atom stereocenters. The van der Waals surface area contributed by atoms with Crippen LogP contribution in [0.4, 0.5) is 5.82 Å². The normalized spacial score (nSPS) is 10.6. The van der Waals surface area contributed by atoms with E-state index in [-0.39, 0.29) is 0 Å². The number of benzene rings is 1. The molecule has 0 aliphatic heterocycles. The molecule has 2 aromatic rings. The molecule has 1 heterocycles. The number of hydrogen-bond acceptors (Lipinski definition) is 3. The molecule has 3 nitrogen and oxygen atoms in total. The van der Waals surface area contributed by atoms with Crippen LogP contribution in [0.2, 0.25) is 0 Å². The van der Waals surface area contributed by atoms with Crippen LogP contribution in [0.5, 0.6) is 0 Å². The topological polar surface area (TPSA) is 37.8 Å². The van der Waals surface area contributed by atoms with Crippen molar-refractivity contribution < 1.29 is 0 Å². The number of rotatable bonds is 5. The highest BCUT2D eigenvalue weighted by Crippen LogP contribution is 2.26. The average molecular weight is 269 g/mol. The van der Waals surface area contributed by atoms with Gasteiger partial charge in [0.2, 0.25) is 0 Å². The Hall–Kier alpha value is -1.90. The van der Waals surface area contributed by atoms with Crippen molar-refractivity contribution in [2.24, 2.45) is 0 Å². The fourth-order valence-electron chi connectivity index (χ4n) is 2.24. The molecule has 0 fully saturated rings. The van der Waals surface area contributed by atoms with Gasteiger partial charge >= 0.3 is 0 Å². The number of aryl methyl sites for hydroxylation is 2. The van der Waals surface area contributed by atoms with Crippen LogP contribution in [0, 0.1) is 6.92 Å². The minimum atomic E-state index is 0.846. The molecule has 3 heteroatoms. The Kier molecular flexibility index (Phi) is 4.72. The lowest BCUT2D eigenvalue weighted by molar-refractivity contribution is 0.930. The molecule has 1 aromatic heterocycles. The summed E-state index contributed by atoms with van der Waals surface area (Å²) in [4.78, 5) is 9.29. The molecule has 0 saturated heterocycles. The second kappa shape index (κ2) is 6.51. The highest BCUT2D eigenvalue weighted by molar-refractivity contribution is 5.68. The summed E-state index contributed by atoms with van der Waals surface area (Å²) < 4.78 is 0. The van der Waals surface area contributed by atoms with Crippen LogP contribution in [-0.2, 0) is 12.8 Å². The average Bonchev–Trinajstić information content (AvgIpc) is 2.49. The fourth-order valence-corrected chi connectivity index (χ4v) is 2.24. The molecule has 0 atom stereocenters. The van der Waals surface area contributed by atoms with Gasteiger partial charge in [-0.3, -0.25) is 0 Å². The van der Waals surface area contributed by atoms with Crippen molar-refractivity contribution in [3.63, 3.8) is 0 Å². The van der Waals surface area contributed by atoms with Gasteiger partial charge in [0.1, 0.15) is 11.6 Å². The van der Waals surface area contributed by atoms with E-state index >= 15 is 0 Å². The van der Waals surface area contributed by atoms with Crippen LogP contribution in [0.1, 0.15) is 37.7 Å². The highest BCUT2D eigenvalue weighted by atomic mass is 15.0. The first kappa shape index (κ1) is 14.5. The van der Waals surface area contributed by atoms with Crippen LogP contribution in [0.25, 0.3) is 11.3 Å². The molecule has 1 aromatic carbocycles. The minimum absolute atomic E-state index is 0.846. The van der Waals surface area contributed by atoms with E-state index in [1.165, 1.54) is 5.56 Å². The first-order chi connectivity index (χ1) is 9.69. The van der Waals surface area contributed by atoms with Crippen molar-refractivity contribution in [3.05, 3.63) is 41.2 Å². The van der Waals surface area contributed by atoms with Gasteiger partial charge in [-0.1, -0.05) is 38.1 Å². The predicted octanol–water partition coefficient (Wildman–Crippen LogP) is 4.01. The summed E-state index contributed by atoms with van der Waals surface area (Å²) in [6.07, 6.45) is 1.91. The molecule has 106 valence electrons. The first-order valence-corrected chi connectivity index (χ1v) is 7.40. The van der Waals surface area contributed by atoms with E-state index in [2.05, 4.69) is 62.3 Å². The zero-order valence-electron chi connectivity index (χ0n) is 12.8. The third kappa shape index (κ3) is 2.98. The van der Waals surface area contributed by atoms with Gasteiger partial charge in [0.15, 0.2) is 0 Å². The summed E-state index contributed by atoms with van der Waals surface area (Å²) in [5.41, 5.74) is 4.67. The molecule has 1 N–H and O–H groups in total. The Labute approximate surface area is 121 Å². The summed E-state index contributed by atoms with van der Waals surface area (Å²) in [6, 6.07) is 8.66. The Morgan fingerprint density at radius 3 is 2.20 bits per heavy atom. The van der Waals surface area contributed by atoms with Crippen molar-refractivity contribution in [1.29, 1.82) is 0 Å². The van der Waals surface area contributed by atoms with E-state index in [9.17, 15) is 0 Å². The van der Waals surface area contributed by atoms with Gasteiger partial charge in [0, 0.05) is 24.1 Å². The van der Waals surface area contributed by atoms with Crippen LogP contribution >= 0.6 is 0 Å². The van der Waals surface area contributed by atoms with Gasteiger partial charge in [-0.05, 0) is 25.8 Å².